The van der Waals surface area contributed by atoms with E-state index in [4.69, 9.17) is 4.74 Å². The lowest BCUT2D eigenvalue weighted by Gasteiger charge is -2.15. The Balaban J connectivity index is 2.17. The zero-order valence-corrected chi connectivity index (χ0v) is 13.2. The fourth-order valence-electron chi connectivity index (χ4n) is 2.07. The lowest BCUT2D eigenvalue weighted by molar-refractivity contribution is -0.145. The summed E-state index contributed by atoms with van der Waals surface area (Å²) in [6.07, 6.45) is 1.19. The molecule has 0 spiro atoms. The van der Waals surface area contributed by atoms with Gasteiger partial charge in [-0.05, 0) is 24.1 Å². The summed E-state index contributed by atoms with van der Waals surface area (Å²) in [5, 5.41) is 2.53. The molecule has 23 heavy (non-hydrogen) atoms. The molecular formula is C19H19NO3. The van der Waals surface area contributed by atoms with Crippen LogP contribution in [0, 0.1) is 0 Å². The van der Waals surface area contributed by atoms with Crippen molar-refractivity contribution in [2.24, 2.45) is 0 Å². The molecule has 0 aliphatic heterocycles. The van der Waals surface area contributed by atoms with E-state index in [1.807, 2.05) is 60.7 Å². The van der Waals surface area contributed by atoms with Crippen molar-refractivity contribution in [3.8, 4) is 0 Å². The molecule has 4 nitrogen and oxygen atoms in total. The minimum absolute atomic E-state index is 0.117. The van der Waals surface area contributed by atoms with Crippen LogP contribution >= 0.6 is 0 Å². The van der Waals surface area contributed by atoms with Crippen LogP contribution in [-0.4, -0.2) is 11.9 Å². The zero-order valence-electron chi connectivity index (χ0n) is 13.2. The highest BCUT2D eigenvalue weighted by Gasteiger charge is 2.17. The van der Waals surface area contributed by atoms with Crippen molar-refractivity contribution in [2.75, 3.05) is 0 Å². The predicted molar refractivity (Wildman–Crippen MR) is 89.2 cm³/mol. The van der Waals surface area contributed by atoms with E-state index >= 15 is 0 Å². The van der Waals surface area contributed by atoms with Crippen molar-refractivity contribution < 1.29 is 14.3 Å². The molecule has 1 atom stereocenters. The van der Waals surface area contributed by atoms with Crippen LogP contribution in [0.3, 0.4) is 0 Å². The highest BCUT2D eigenvalue weighted by Crippen LogP contribution is 2.18. The van der Waals surface area contributed by atoms with Crippen molar-refractivity contribution in [3.05, 3.63) is 77.5 Å². The van der Waals surface area contributed by atoms with Gasteiger partial charge in [-0.2, -0.15) is 0 Å². The van der Waals surface area contributed by atoms with Crippen LogP contribution in [0.2, 0.25) is 0 Å². The Kier molecular flexibility index (Phi) is 5.69. The monoisotopic (exact) mass is 309 g/mol. The van der Waals surface area contributed by atoms with Gasteiger partial charge in [-0.3, -0.25) is 4.79 Å². The first kappa shape index (κ1) is 16.5. The van der Waals surface area contributed by atoms with Gasteiger partial charge in [-0.15, -0.1) is 0 Å². The largest absolute Gasteiger partial charge is 0.453 e. The number of rotatable bonds is 5. The van der Waals surface area contributed by atoms with E-state index in [2.05, 4.69) is 5.32 Å². The molecule has 1 N–H and O–H groups in total. The summed E-state index contributed by atoms with van der Waals surface area (Å²) in [5.74, 6) is -0.892. The molecule has 0 aliphatic rings. The minimum Gasteiger partial charge on any atom is -0.453 e. The Bertz CT molecular complexity index is 693. The number of amides is 1. The maximum absolute atomic E-state index is 12.4. The highest BCUT2D eigenvalue weighted by molar-refractivity contribution is 5.97. The second kappa shape index (κ2) is 7.94. The summed E-state index contributed by atoms with van der Waals surface area (Å²) < 4.78 is 5.45. The summed E-state index contributed by atoms with van der Waals surface area (Å²) in [7, 11) is 0. The van der Waals surface area contributed by atoms with E-state index in [1.54, 1.807) is 13.0 Å². The van der Waals surface area contributed by atoms with Crippen LogP contribution in [0.5, 0.6) is 0 Å². The average Bonchev–Trinajstić information content (AvgIpc) is 2.55. The van der Waals surface area contributed by atoms with Gasteiger partial charge in [0.05, 0.1) is 0 Å². The molecule has 118 valence electrons. The van der Waals surface area contributed by atoms with E-state index in [1.165, 1.54) is 6.92 Å². The molecule has 4 heteroatoms. The normalized spacial score (nSPS) is 12.3. The van der Waals surface area contributed by atoms with Crippen molar-refractivity contribution in [1.29, 1.82) is 0 Å². The molecule has 0 fully saturated rings. The van der Waals surface area contributed by atoms with Gasteiger partial charge in [0.1, 0.15) is 11.8 Å². The first-order chi connectivity index (χ1) is 11.1. The number of esters is 1. The highest BCUT2D eigenvalue weighted by atomic mass is 16.5. The Labute approximate surface area is 135 Å². The molecule has 1 amide bonds. The number of carbonyl (C=O) groups is 2. The maximum Gasteiger partial charge on any atom is 0.355 e. The summed E-state index contributed by atoms with van der Waals surface area (Å²) in [4.78, 5) is 23.7. The molecule has 0 aliphatic carbocycles. The molecule has 0 unspecified atom stereocenters. The van der Waals surface area contributed by atoms with Crippen LogP contribution in [0.15, 0.2) is 66.4 Å². The third-order valence-electron chi connectivity index (χ3n) is 3.19. The number of nitrogens with one attached hydrogen (secondary N) is 1. The van der Waals surface area contributed by atoms with E-state index in [0.29, 0.717) is 0 Å². The van der Waals surface area contributed by atoms with Crippen molar-refractivity contribution in [1.82, 2.24) is 5.32 Å². The Morgan fingerprint density at radius 2 is 1.57 bits per heavy atom. The Morgan fingerprint density at radius 1 is 1.00 bits per heavy atom. The van der Waals surface area contributed by atoms with Crippen LogP contribution in [-0.2, 0) is 14.3 Å². The molecular weight excluding hydrogens is 290 g/mol. The summed E-state index contributed by atoms with van der Waals surface area (Å²) >= 11 is 0. The van der Waals surface area contributed by atoms with Crippen LogP contribution < -0.4 is 5.32 Å². The second-order valence-corrected chi connectivity index (χ2v) is 5.11. The van der Waals surface area contributed by atoms with Gasteiger partial charge in [0.15, 0.2) is 0 Å². The molecule has 2 aromatic rings. The Hall–Kier alpha value is -2.88. The Morgan fingerprint density at radius 3 is 2.13 bits per heavy atom. The SMILES string of the molecule is CC(=O)N/C(=C\c1ccccc1)C(=O)O[C@H](C)c1ccccc1. The third-order valence-corrected chi connectivity index (χ3v) is 3.19. The third kappa shape index (κ3) is 5.11. The summed E-state index contributed by atoms with van der Waals surface area (Å²) in [5.41, 5.74) is 1.81. The van der Waals surface area contributed by atoms with Crippen LogP contribution in [0.4, 0.5) is 0 Å². The molecule has 0 saturated carbocycles. The quantitative estimate of drug-likeness (QED) is 0.679. The van der Waals surface area contributed by atoms with E-state index in [-0.39, 0.29) is 11.6 Å². The lowest BCUT2D eigenvalue weighted by Crippen LogP contribution is -2.26. The fourth-order valence-corrected chi connectivity index (χ4v) is 2.07. The van der Waals surface area contributed by atoms with E-state index < -0.39 is 12.1 Å². The van der Waals surface area contributed by atoms with Crippen LogP contribution in [0.1, 0.15) is 31.1 Å². The number of ether oxygens (including phenoxy) is 1. The van der Waals surface area contributed by atoms with Crippen molar-refractivity contribution >= 4 is 18.0 Å². The number of hydrogen-bond acceptors (Lipinski definition) is 3. The molecule has 0 aromatic heterocycles. The molecule has 0 heterocycles. The van der Waals surface area contributed by atoms with Gasteiger partial charge in [0, 0.05) is 6.92 Å². The van der Waals surface area contributed by atoms with Crippen LogP contribution in [0.25, 0.3) is 6.08 Å². The van der Waals surface area contributed by atoms with E-state index in [9.17, 15) is 9.59 Å². The van der Waals surface area contributed by atoms with Gasteiger partial charge >= 0.3 is 5.97 Å². The van der Waals surface area contributed by atoms with Gasteiger partial charge in [-0.25, -0.2) is 4.79 Å². The lowest BCUT2D eigenvalue weighted by atomic mass is 10.1. The van der Waals surface area contributed by atoms with Gasteiger partial charge in [-0.1, -0.05) is 60.7 Å². The molecule has 0 radical (unpaired) electrons. The zero-order chi connectivity index (χ0) is 16.7. The second-order valence-electron chi connectivity index (χ2n) is 5.11. The number of hydrogen-bond donors (Lipinski definition) is 1. The fraction of sp³-hybridized carbons (Fsp3) is 0.158. The number of carbonyl (C=O) groups excluding carboxylic acids is 2. The molecule has 2 aromatic carbocycles. The smallest absolute Gasteiger partial charge is 0.355 e. The maximum atomic E-state index is 12.4. The van der Waals surface area contributed by atoms with Crippen molar-refractivity contribution in [3.63, 3.8) is 0 Å². The first-order valence-electron chi connectivity index (χ1n) is 7.36. The number of benzene rings is 2. The average molecular weight is 309 g/mol. The summed E-state index contributed by atoms with van der Waals surface area (Å²) in [6.45, 7) is 3.15. The summed E-state index contributed by atoms with van der Waals surface area (Å²) in [6, 6.07) is 18.7. The minimum atomic E-state index is -0.569. The van der Waals surface area contributed by atoms with Gasteiger partial charge in [0.2, 0.25) is 5.91 Å². The molecule has 0 bridgehead atoms. The van der Waals surface area contributed by atoms with Crippen molar-refractivity contribution in [2.45, 2.75) is 20.0 Å². The van der Waals surface area contributed by atoms with E-state index in [0.717, 1.165) is 11.1 Å². The molecule has 2 rings (SSSR count). The van der Waals surface area contributed by atoms with Gasteiger partial charge < -0.3 is 10.1 Å². The molecule has 0 saturated heterocycles. The van der Waals surface area contributed by atoms with Gasteiger partial charge in [0.25, 0.3) is 0 Å². The standard InChI is InChI=1S/C19H19NO3/c1-14(17-11-7-4-8-12-17)23-19(22)18(20-15(2)21)13-16-9-5-3-6-10-16/h3-14H,1-2H3,(H,20,21)/b18-13-/t14-/m1/s1. The predicted octanol–water partition coefficient (Wildman–Crippen LogP) is 3.47. The first-order valence-corrected chi connectivity index (χ1v) is 7.36. The topological polar surface area (TPSA) is 55.4 Å².